The van der Waals surface area contributed by atoms with Gasteiger partial charge in [0.15, 0.2) is 0 Å². The molecule has 0 aromatic rings. The number of hydrogen-bond acceptors (Lipinski definition) is 1. The van der Waals surface area contributed by atoms with Gasteiger partial charge in [-0.05, 0) is 12.8 Å². The standard InChI is InChI=1S/C9H10F8O/c10-7(11)18-6-4(8(12,13)14)2-1-3-5(6)9(15,16)17/h4-7H,1-3H2. The van der Waals surface area contributed by atoms with Gasteiger partial charge in [0.25, 0.3) is 0 Å². The van der Waals surface area contributed by atoms with Gasteiger partial charge in [-0.2, -0.15) is 35.1 Å². The topological polar surface area (TPSA) is 9.23 Å². The smallest absolute Gasteiger partial charge is 0.318 e. The molecule has 1 fully saturated rings. The zero-order chi connectivity index (χ0) is 14.1. The first-order chi connectivity index (χ1) is 8.03. The third-order valence-electron chi connectivity index (χ3n) is 2.92. The largest absolute Gasteiger partial charge is 0.394 e. The van der Waals surface area contributed by atoms with Crippen LogP contribution in [0.1, 0.15) is 19.3 Å². The van der Waals surface area contributed by atoms with Gasteiger partial charge in [-0.3, -0.25) is 0 Å². The van der Waals surface area contributed by atoms with Crippen LogP contribution < -0.4 is 0 Å². The second-order valence-electron chi connectivity index (χ2n) is 4.09. The summed E-state index contributed by atoms with van der Waals surface area (Å²) in [5.41, 5.74) is 0. The van der Waals surface area contributed by atoms with Crippen LogP contribution in [0.25, 0.3) is 0 Å². The fourth-order valence-corrected chi connectivity index (χ4v) is 2.17. The molecule has 0 aliphatic heterocycles. The van der Waals surface area contributed by atoms with Gasteiger partial charge in [-0.15, -0.1) is 0 Å². The molecule has 1 nitrogen and oxygen atoms in total. The molecule has 0 heterocycles. The van der Waals surface area contributed by atoms with Gasteiger partial charge in [0.05, 0.1) is 17.9 Å². The van der Waals surface area contributed by atoms with Gasteiger partial charge < -0.3 is 4.74 Å². The van der Waals surface area contributed by atoms with E-state index >= 15 is 0 Å². The lowest BCUT2D eigenvalue weighted by Crippen LogP contribution is -2.49. The molecule has 0 aromatic carbocycles. The molecule has 0 bridgehead atoms. The molecule has 0 spiro atoms. The van der Waals surface area contributed by atoms with Crippen molar-refractivity contribution in [1.82, 2.24) is 0 Å². The van der Waals surface area contributed by atoms with Gasteiger partial charge >= 0.3 is 19.0 Å². The lowest BCUT2D eigenvalue weighted by atomic mass is 9.78. The maximum Gasteiger partial charge on any atom is 0.394 e. The highest BCUT2D eigenvalue weighted by molar-refractivity contribution is 4.90. The van der Waals surface area contributed by atoms with Crippen LogP contribution in [0.3, 0.4) is 0 Å². The Morgan fingerprint density at radius 2 is 1.22 bits per heavy atom. The first-order valence-electron chi connectivity index (χ1n) is 5.10. The Morgan fingerprint density at radius 1 is 0.833 bits per heavy atom. The van der Waals surface area contributed by atoms with E-state index in [4.69, 9.17) is 0 Å². The normalized spacial score (nSPS) is 30.8. The van der Waals surface area contributed by atoms with Crippen LogP contribution in [-0.4, -0.2) is 25.1 Å². The molecule has 0 aromatic heterocycles. The first-order valence-corrected chi connectivity index (χ1v) is 5.10. The van der Waals surface area contributed by atoms with Crippen LogP contribution in [-0.2, 0) is 4.74 Å². The molecule has 0 radical (unpaired) electrons. The number of rotatable bonds is 2. The molecular formula is C9H10F8O. The SMILES string of the molecule is FC(F)OC1C(C(F)(F)F)CCCC1C(F)(F)F. The van der Waals surface area contributed by atoms with Crippen molar-refractivity contribution < 1.29 is 39.9 Å². The first kappa shape index (κ1) is 15.5. The molecule has 2 atom stereocenters. The van der Waals surface area contributed by atoms with Gasteiger partial charge in [0, 0.05) is 0 Å². The van der Waals surface area contributed by atoms with E-state index in [1.807, 2.05) is 0 Å². The lowest BCUT2D eigenvalue weighted by molar-refractivity contribution is -0.300. The van der Waals surface area contributed by atoms with E-state index in [1.54, 1.807) is 0 Å². The summed E-state index contributed by atoms with van der Waals surface area (Å²) in [5, 5.41) is 0. The fraction of sp³-hybridized carbons (Fsp3) is 1.00. The van der Waals surface area contributed by atoms with Gasteiger partial charge in [0.2, 0.25) is 0 Å². The van der Waals surface area contributed by atoms with E-state index in [0.717, 1.165) is 0 Å². The molecule has 9 heteroatoms. The van der Waals surface area contributed by atoms with Crippen molar-refractivity contribution in [2.45, 2.75) is 44.3 Å². The minimum Gasteiger partial charge on any atom is -0.318 e. The Morgan fingerprint density at radius 3 is 1.50 bits per heavy atom. The number of ether oxygens (including phenoxy) is 1. The second-order valence-corrected chi connectivity index (χ2v) is 4.09. The van der Waals surface area contributed by atoms with Crippen LogP contribution in [0.5, 0.6) is 0 Å². The summed E-state index contributed by atoms with van der Waals surface area (Å²) in [4.78, 5) is 0. The van der Waals surface area contributed by atoms with Crippen molar-refractivity contribution in [3.63, 3.8) is 0 Å². The molecule has 2 unspecified atom stereocenters. The average molecular weight is 286 g/mol. The molecular weight excluding hydrogens is 276 g/mol. The van der Waals surface area contributed by atoms with Crippen molar-refractivity contribution in [3.8, 4) is 0 Å². The Hall–Kier alpha value is -0.600. The summed E-state index contributed by atoms with van der Waals surface area (Å²) < 4.78 is 103. The molecule has 18 heavy (non-hydrogen) atoms. The van der Waals surface area contributed by atoms with E-state index in [9.17, 15) is 35.1 Å². The van der Waals surface area contributed by atoms with E-state index in [2.05, 4.69) is 4.74 Å². The Bertz CT molecular complexity index is 249. The minimum absolute atomic E-state index is 0.322. The van der Waals surface area contributed by atoms with Crippen molar-refractivity contribution in [3.05, 3.63) is 0 Å². The van der Waals surface area contributed by atoms with Crippen LogP contribution in [0.4, 0.5) is 35.1 Å². The summed E-state index contributed by atoms with van der Waals surface area (Å²) in [6.07, 6.45) is -14.1. The third-order valence-corrected chi connectivity index (χ3v) is 2.92. The van der Waals surface area contributed by atoms with Gasteiger partial charge in [-0.1, -0.05) is 6.42 Å². The summed E-state index contributed by atoms with van der Waals surface area (Å²) in [6.45, 7) is -3.66. The second kappa shape index (κ2) is 5.18. The van der Waals surface area contributed by atoms with E-state index in [1.165, 1.54) is 0 Å². The van der Waals surface area contributed by atoms with Crippen molar-refractivity contribution in [2.75, 3.05) is 0 Å². The maximum atomic E-state index is 12.5. The number of halogens is 8. The number of alkyl halides is 8. The van der Waals surface area contributed by atoms with Crippen LogP contribution in [0.15, 0.2) is 0 Å². The summed E-state index contributed by atoms with van der Waals surface area (Å²) in [6, 6.07) is 0. The highest BCUT2D eigenvalue weighted by Crippen LogP contribution is 2.47. The summed E-state index contributed by atoms with van der Waals surface area (Å²) in [7, 11) is 0. The summed E-state index contributed by atoms with van der Waals surface area (Å²) in [5.74, 6) is -5.02. The fourth-order valence-electron chi connectivity index (χ4n) is 2.17. The monoisotopic (exact) mass is 286 g/mol. The molecule has 1 aliphatic rings. The molecule has 1 aliphatic carbocycles. The molecule has 1 saturated carbocycles. The number of hydrogen-bond donors (Lipinski definition) is 0. The summed E-state index contributed by atoms with van der Waals surface area (Å²) >= 11 is 0. The predicted molar refractivity (Wildman–Crippen MR) is 43.8 cm³/mol. The Kier molecular flexibility index (Phi) is 4.45. The van der Waals surface area contributed by atoms with E-state index in [-0.39, 0.29) is 6.42 Å². The Labute approximate surface area is 97.1 Å². The third kappa shape index (κ3) is 3.69. The highest BCUT2D eigenvalue weighted by Gasteiger charge is 2.57. The van der Waals surface area contributed by atoms with Gasteiger partial charge in [0.1, 0.15) is 0 Å². The predicted octanol–water partition coefficient (Wildman–Crippen LogP) is 4.14. The van der Waals surface area contributed by atoms with E-state index in [0.29, 0.717) is 0 Å². The van der Waals surface area contributed by atoms with Crippen molar-refractivity contribution in [2.24, 2.45) is 11.8 Å². The minimum atomic E-state index is -4.98. The van der Waals surface area contributed by atoms with Gasteiger partial charge in [-0.25, -0.2) is 0 Å². The van der Waals surface area contributed by atoms with E-state index < -0.39 is 49.7 Å². The zero-order valence-electron chi connectivity index (χ0n) is 8.86. The van der Waals surface area contributed by atoms with Crippen molar-refractivity contribution >= 4 is 0 Å². The maximum absolute atomic E-state index is 12.5. The van der Waals surface area contributed by atoms with Crippen LogP contribution in [0, 0.1) is 11.8 Å². The molecule has 108 valence electrons. The van der Waals surface area contributed by atoms with Crippen LogP contribution in [0.2, 0.25) is 0 Å². The quantitative estimate of drug-likeness (QED) is 0.693. The lowest BCUT2D eigenvalue weighted by Gasteiger charge is -2.39. The molecule has 0 N–H and O–H groups in total. The average Bonchev–Trinajstić information content (AvgIpc) is 2.13. The Balaban J connectivity index is 2.97. The molecule has 0 saturated heterocycles. The zero-order valence-corrected chi connectivity index (χ0v) is 8.86. The molecule has 1 rings (SSSR count). The molecule has 0 amide bonds. The highest BCUT2D eigenvalue weighted by atomic mass is 19.4. The van der Waals surface area contributed by atoms with Crippen molar-refractivity contribution in [1.29, 1.82) is 0 Å². The van der Waals surface area contributed by atoms with Crippen LogP contribution >= 0.6 is 0 Å².